The van der Waals surface area contributed by atoms with E-state index < -0.39 is 0 Å². The number of rotatable bonds is 7. The smallest absolute Gasteiger partial charge is 0.107 e. The van der Waals surface area contributed by atoms with Crippen LogP contribution in [-0.4, -0.2) is 56.1 Å². The Kier molecular flexibility index (Phi) is 6.58. The van der Waals surface area contributed by atoms with E-state index in [1.165, 1.54) is 67.8 Å². The number of piperidine rings is 2. The van der Waals surface area contributed by atoms with Gasteiger partial charge in [0.05, 0.1) is 17.6 Å². The van der Waals surface area contributed by atoms with E-state index in [4.69, 9.17) is 4.98 Å². The van der Waals surface area contributed by atoms with Crippen LogP contribution in [-0.2, 0) is 12.0 Å². The van der Waals surface area contributed by atoms with Gasteiger partial charge in [0.25, 0.3) is 0 Å². The van der Waals surface area contributed by atoms with Crippen molar-refractivity contribution in [1.29, 1.82) is 0 Å². The molecule has 0 N–H and O–H groups in total. The van der Waals surface area contributed by atoms with Crippen LogP contribution in [0.15, 0.2) is 66.2 Å². The fourth-order valence-electron chi connectivity index (χ4n) is 7.93. The minimum atomic E-state index is 0.286. The molecule has 198 valence electrons. The minimum Gasteiger partial charge on any atom is -0.325 e. The van der Waals surface area contributed by atoms with Crippen molar-refractivity contribution < 1.29 is 0 Å². The van der Waals surface area contributed by atoms with Crippen LogP contribution in [0.4, 0.5) is 0 Å². The van der Waals surface area contributed by atoms with Crippen LogP contribution in [0.5, 0.6) is 0 Å². The SMILES string of the molecule is Cc1nc2ccccc2n1C1C[C@H]2CC[C@@H](C1)N2CCC1(c2ccccc2)CCN(Cc2nccs2)CC1. The first-order valence-corrected chi connectivity index (χ1v) is 15.4. The van der Waals surface area contributed by atoms with E-state index in [-0.39, 0.29) is 5.41 Å². The summed E-state index contributed by atoms with van der Waals surface area (Å²) in [5.41, 5.74) is 4.30. The molecule has 2 bridgehead atoms. The van der Waals surface area contributed by atoms with E-state index in [9.17, 15) is 0 Å². The fourth-order valence-corrected chi connectivity index (χ4v) is 8.58. The topological polar surface area (TPSA) is 37.2 Å². The number of hydrogen-bond acceptors (Lipinski definition) is 5. The summed E-state index contributed by atoms with van der Waals surface area (Å²) in [6, 6.07) is 22.1. The number of nitrogens with zero attached hydrogens (tertiary/aromatic N) is 5. The zero-order chi connectivity index (χ0) is 25.5. The highest BCUT2D eigenvalue weighted by atomic mass is 32.1. The zero-order valence-electron chi connectivity index (χ0n) is 22.5. The van der Waals surface area contributed by atoms with Crippen LogP contribution in [0.1, 0.15) is 67.4 Å². The van der Waals surface area contributed by atoms with Crippen LogP contribution >= 0.6 is 11.3 Å². The quantitative estimate of drug-likeness (QED) is 0.273. The number of para-hydroxylation sites is 2. The molecule has 6 heteroatoms. The van der Waals surface area contributed by atoms with Gasteiger partial charge in [-0.25, -0.2) is 9.97 Å². The van der Waals surface area contributed by atoms with Crippen molar-refractivity contribution in [1.82, 2.24) is 24.3 Å². The van der Waals surface area contributed by atoms with Gasteiger partial charge in [0.15, 0.2) is 0 Å². The molecule has 3 aliphatic rings. The number of aryl methyl sites for hydroxylation is 1. The predicted molar refractivity (Wildman–Crippen MR) is 156 cm³/mol. The van der Waals surface area contributed by atoms with Crippen molar-refractivity contribution >= 4 is 22.4 Å². The first kappa shape index (κ1) is 24.5. The van der Waals surface area contributed by atoms with Crippen LogP contribution < -0.4 is 0 Å². The lowest BCUT2D eigenvalue weighted by Gasteiger charge is -2.45. The molecule has 2 aromatic heterocycles. The molecule has 5 heterocycles. The van der Waals surface area contributed by atoms with E-state index in [2.05, 4.69) is 86.3 Å². The van der Waals surface area contributed by atoms with E-state index in [0.29, 0.717) is 18.1 Å². The minimum absolute atomic E-state index is 0.286. The second-order valence-electron chi connectivity index (χ2n) is 11.9. The third kappa shape index (κ3) is 4.51. The standard InChI is InChI=1S/C32H39N5S/c1-24-34-29-9-5-6-10-30(29)37(24)28-21-26-11-12-27(22-28)36(26)19-15-32(25-7-3-2-4-8-25)13-17-35(18-14-32)23-31-33-16-20-38-31/h2-10,16,20,26-28H,11-15,17-19,21-23H2,1H3/t26-,27+,28?. The maximum atomic E-state index is 4.89. The van der Waals surface area contributed by atoms with Crippen molar-refractivity contribution in [3.63, 3.8) is 0 Å². The number of likely N-dealkylation sites (tertiary alicyclic amines) is 1. The van der Waals surface area contributed by atoms with Gasteiger partial charge in [-0.2, -0.15) is 0 Å². The highest BCUT2D eigenvalue weighted by Gasteiger charge is 2.44. The van der Waals surface area contributed by atoms with Gasteiger partial charge in [-0.1, -0.05) is 42.5 Å². The van der Waals surface area contributed by atoms with Crippen LogP contribution in [0.25, 0.3) is 11.0 Å². The molecule has 0 saturated carbocycles. The summed E-state index contributed by atoms with van der Waals surface area (Å²) in [6.45, 7) is 6.75. The molecule has 38 heavy (non-hydrogen) atoms. The Labute approximate surface area is 230 Å². The number of hydrogen-bond donors (Lipinski definition) is 0. The van der Waals surface area contributed by atoms with E-state index in [1.807, 2.05) is 6.20 Å². The summed E-state index contributed by atoms with van der Waals surface area (Å²) < 4.78 is 2.56. The molecule has 4 aromatic rings. The molecule has 0 radical (unpaired) electrons. The lowest BCUT2D eigenvalue weighted by molar-refractivity contribution is 0.0812. The third-order valence-corrected chi connectivity index (χ3v) is 10.7. The van der Waals surface area contributed by atoms with Gasteiger partial charge in [-0.3, -0.25) is 9.80 Å². The van der Waals surface area contributed by atoms with Crippen molar-refractivity contribution in [2.45, 2.75) is 82.0 Å². The Balaban J connectivity index is 1.06. The summed E-state index contributed by atoms with van der Waals surface area (Å²) >= 11 is 1.78. The Morgan fingerprint density at radius 1 is 0.921 bits per heavy atom. The molecule has 0 amide bonds. The monoisotopic (exact) mass is 525 g/mol. The van der Waals surface area contributed by atoms with Crippen molar-refractivity contribution in [3.05, 3.63) is 82.6 Å². The second kappa shape index (κ2) is 10.2. The van der Waals surface area contributed by atoms with Gasteiger partial charge in [-0.05, 0) is 94.6 Å². The zero-order valence-corrected chi connectivity index (χ0v) is 23.3. The van der Waals surface area contributed by atoms with Gasteiger partial charge in [-0.15, -0.1) is 11.3 Å². The Hall–Kier alpha value is -2.54. The molecule has 0 aliphatic carbocycles. The molecule has 0 spiro atoms. The number of benzene rings is 2. The molecule has 5 nitrogen and oxygen atoms in total. The maximum absolute atomic E-state index is 4.89. The molecular weight excluding hydrogens is 486 g/mol. The molecule has 1 unspecified atom stereocenters. The van der Waals surface area contributed by atoms with Gasteiger partial charge in [0, 0.05) is 29.7 Å². The number of thiazole rings is 1. The van der Waals surface area contributed by atoms with Crippen molar-refractivity contribution in [2.75, 3.05) is 19.6 Å². The van der Waals surface area contributed by atoms with E-state index >= 15 is 0 Å². The first-order valence-electron chi connectivity index (χ1n) is 14.5. The average molecular weight is 526 g/mol. The molecule has 7 rings (SSSR count). The molecule has 2 aromatic carbocycles. The summed E-state index contributed by atoms with van der Waals surface area (Å²) in [5.74, 6) is 1.18. The highest BCUT2D eigenvalue weighted by Crippen LogP contribution is 2.45. The fraction of sp³-hybridized carbons (Fsp3) is 0.500. The van der Waals surface area contributed by atoms with E-state index in [0.717, 1.165) is 25.2 Å². The Bertz CT molecular complexity index is 1340. The molecule has 3 saturated heterocycles. The normalized spacial score (nSPS) is 25.8. The average Bonchev–Trinajstić information content (AvgIpc) is 3.64. The van der Waals surface area contributed by atoms with Gasteiger partial charge >= 0.3 is 0 Å². The molecule has 3 atom stereocenters. The van der Waals surface area contributed by atoms with Crippen LogP contribution in [0, 0.1) is 6.92 Å². The van der Waals surface area contributed by atoms with Crippen LogP contribution in [0.3, 0.4) is 0 Å². The molecule has 3 fully saturated rings. The lowest BCUT2D eigenvalue weighted by atomic mass is 9.70. The van der Waals surface area contributed by atoms with Gasteiger partial charge in [0.2, 0.25) is 0 Å². The lowest BCUT2D eigenvalue weighted by Crippen LogP contribution is -2.48. The first-order chi connectivity index (χ1) is 18.7. The molecule has 3 aliphatic heterocycles. The van der Waals surface area contributed by atoms with Crippen molar-refractivity contribution in [3.8, 4) is 0 Å². The van der Waals surface area contributed by atoms with Crippen LogP contribution in [0.2, 0.25) is 0 Å². The highest BCUT2D eigenvalue weighted by molar-refractivity contribution is 7.09. The third-order valence-electron chi connectivity index (χ3n) is 9.89. The summed E-state index contributed by atoms with van der Waals surface area (Å²) in [6.07, 6.45) is 10.9. The number of imidazole rings is 1. The summed E-state index contributed by atoms with van der Waals surface area (Å²) in [5, 5.41) is 3.35. The van der Waals surface area contributed by atoms with E-state index in [1.54, 1.807) is 16.9 Å². The predicted octanol–water partition coefficient (Wildman–Crippen LogP) is 6.59. The van der Waals surface area contributed by atoms with Gasteiger partial charge < -0.3 is 4.57 Å². The van der Waals surface area contributed by atoms with Gasteiger partial charge in [0.1, 0.15) is 10.8 Å². The number of aromatic nitrogens is 3. The molecular formula is C32H39N5S. The summed E-state index contributed by atoms with van der Waals surface area (Å²) in [7, 11) is 0. The largest absolute Gasteiger partial charge is 0.325 e. The Morgan fingerprint density at radius 3 is 2.39 bits per heavy atom. The number of fused-ring (bicyclic) bond motifs is 3. The maximum Gasteiger partial charge on any atom is 0.107 e. The second-order valence-corrected chi connectivity index (χ2v) is 12.8. The Morgan fingerprint density at radius 2 is 1.66 bits per heavy atom. The summed E-state index contributed by atoms with van der Waals surface area (Å²) in [4.78, 5) is 15.0. The van der Waals surface area contributed by atoms with Crippen molar-refractivity contribution in [2.24, 2.45) is 0 Å².